The fourth-order valence-corrected chi connectivity index (χ4v) is 9.93. The first kappa shape index (κ1) is 26.1. The number of fused-ring (bicyclic) bond motifs is 2. The number of amides is 3. The second-order valence-corrected chi connectivity index (χ2v) is 14.8. The monoisotopic (exact) mass is 561 g/mol. The first-order chi connectivity index (χ1) is 19.3. The molecule has 0 radical (unpaired) electrons. The smallest absolute Gasteiger partial charge is 0.333 e. The highest BCUT2D eigenvalue weighted by Gasteiger charge is 2.54. The predicted octanol–water partition coefficient (Wildman–Crippen LogP) is 5.05. The van der Waals surface area contributed by atoms with Gasteiger partial charge in [-0.05, 0) is 141 Å². The van der Waals surface area contributed by atoms with Crippen molar-refractivity contribution >= 4 is 27.6 Å². The summed E-state index contributed by atoms with van der Waals surface area (Å²) in [5, 5.41) is 6.09. The zero-order valence-electron chi connectivity index (χ0n) is 23.1. The molecule has 3 N–H and O–H groups in total. The van der Waals surface area contributed by atoms with E-state index in [1.807, 2.05) is 0 Å². The molecule has 4 bridgehead atoms. The molecule has 0 aliphatic heterocycles. The summed E-state index contributed by atoms with van der Waals surface area (Å²) in [5.74, 6) is 2.42. The molecule has 6 aliphatic carbocycles. The average Bonchev–Trinajstić information content (AvgIpc) is 3.57. The van der Waals surface area contributed by atoms with Gasteiger partial charge in [0.2, 0.25) is 5.91 Å². The van der Waals surface area contributed by atoms with Gasteiger partial charge in [-0.2, -0.15) is 0 Å². The van der Waals surface area contributed by atoms with Crippen molar-refractivity contribution in [3.05, 3.63) is 58.1 Å². The fraction of sp³-hybridized carbons (Fsp3) is 0.562. The van der Waals surface area contributed by atoms with Crippen LogP contribution in [0.25, 0.3) is 0 Å². The van der Waals surface area contributed by atoms with E-state index in [9.17, 15) is 18.0 Å². The highest BCUT2D eigenvalue weighted by atomic mass is 32.2. The minimum atomic E-state index is -4.02. The Morgan fingerprint density at radius 1 is 0.825 bits per heavy atom. The van der Waals surface area contributed by atoms with Crippen molar-refractivity contribution in [3.63, 3.8) is 0 Å². The summed E-state index contributed by atoms with van der Waals surface area (Å²) in [6.45, 7) is 0.541. The summed E-state index contributed by atoms with van der Waals surface area (Å²) in [6, 6.07) is 8.15. The third kappa shape index (κ3) is 4.72. The van der Waals surface area contributed by atoms with Crippen LogP contribution in [0, 0.1) is 23.2 Å². The number of hydrogen-bond acceptors (Lipinski definition) is 4. The van der Waals surface area contributed by atoms with Crippen molar-refractivity contribution in [1.82, 2.24) is 10.0 Å². The number of rotatable bonds is 7. The molecule has 0 unspecified atom stereocenters. The lowest BCUT2D eigenvalue weighted by molar-refractivity contribution is -0.146. The van der Waals surface area contributed by atoms with E-state index >= 15 is 0 Å². The molecule has 0 heterocycles. The maximum absolute atomic E-state index is 13.2. The van der Waals surface area contributed by atoms with Crippen LogP contribution in [-0.2, 0) is 46.9 Å². The van der Waals surface area contributed by atoms with Crippen molar-refractivity contribution in [1.29, 1.82) is 0 Å². The Bertz CT molecular complexity index is 1400. The van der Waals surface area contributed by atoms with Gasteiger partial charge in [0, 0.05) is 17.6 Å². The fourth-order valence-electron chi connectivity index (χ4n) is 9.02. The summed E-state index contributed by atoms with van der Waals surface area (Å²) in [4.78, 5) is 26.1. The van der Waals surface area contributed by atoms with Crippen LogP contribution in [0.4, 0.5) is 10.5 Å². The molecule has 6 aliphatic rings. The SMILES string of the molecule is O=C(Nc1c2c(cc3c1CCC3)CCC2)NS(=O)(=O)c1ccc(CCNC(=O)C23CC4CC(CC(C4)C2)C3)cc1. The van der Waals surface area contributed by atoms with Crippen molar-refractivity contribution in [2.45, 2.75) is 88.4 Å². The summed E-state index contributed by atoms with van der Waals surface area (Å²) in [6.07, 6.45) is 13.7. The molecule has 40 heavy (non-hydrogen) atoms. The van der Waals surface area contributed by atoms with Crippen molar-refractivity contribution < 1.29 is 18.0 Å². The van der Waals surface area contributed by atoms with Gasteiger partial charge < -0.3 is 10.6 Å². The quantitative estimate of drug-likeness (QED) is 0.440. The number of nitrogens with one attached hydrogen (secondary N) is 3. The van der Waals surface area contributed by atoms with E-state index < -0.39 is 16.1 Å². The number of urea groups is 1. The molecule has 212 valence electrons. The summed E-state index contributed by atoms with van der Waals surface area (Å²) < 4.78 is 28.2. The molecule has 0 spiro atoms. The van der Waals surface area contributed by atoms with Gasteiger partial charge in [-0.15, -0.1) is 0 Å². The summed E-state index contributed by atoms with van der Waals surface area (Å²) in [7, 11) is -4.02. The van der Waals surface area contributed by atoms with Crippen LogP contribution >= 0.6 is 0 Å². The third-order valence-corrected chi connectivity index (χ3v) is 11.7. The molecular weight excluding hydrogens is 522 g/mol. The molecule has 8 rings (SSSR count). The van der Waals surface area contributed by atoms with E-state index in [-0.39, 0.29) is 16.2 Å². The molecule has 2 aromatic rings. The standard InChI is InChI=1S/C32H39N3O4S/c36-30(32-17-21-13-22(18-32)15-23(14-21)19-32)33-12-11-20-7-9-26(10-8-20)40(38,39)35-31(37)34-29-27-5-1-3-24(27)16-25-4-2-6-28(25)29/h7-10,16,21-23H,1-6,11-15,17-19H2,(H,33,36)(H2,34,35,37). The Hall–Kier alpha value is -2.87. The second kappa shape index (κ2) is 9.89. The number of anilines is 1. The molecule has 4 saturated carbocycles. The molecule has 4 fully saturated rings. The molecule has 2 aromatic carbocycles. The van der Waals surface area contributed by atoms with Gasteiger partial charge in [-0.1, -0.05) is 18.2 Å². The van der Waals surface area contributed by atoms with Crippen LogP contribution in [0.1, 0.15) is 79.2 Å². The van der Waals surface area contributed by atoms with E-state index in [1.165, 1.54) is 42.5 Å². The van der Waals surface area contributed by atoms with Crippen molar-refractivity contribution in [3.8, 4) is 0 Å². The number of carbonyl (C=O) groups excluding carboxylic acids is 2. The highest BCUT2D eigenvalue weighted by molar-refractivity contribution is 7.90. The summed E-state index contributed by atoms with van der Waals surface area (Å²) in [5.41, 5.74) is 6.50. The molecule has 3 amide bonds. The van der Waals surface area contributed by atoms with Gasteiger partial charge in [-0.3, -0.25) is 4.79 Å². The predicted molar refractivity (Wildman–Crippen MR) is 154 cm³/mol. The van der Waals surface area contributed by atoms with E-state index in [1.54, 1.807) is 12.1 Å². The zero-order valence-corrected chi connectivity index (χ0v) is 23.9. The maximum atomic E-state index is 13.2. The second-order valence-electron chi connectivity index (χ2n) is 13.1. The Balaban J connectivity index is 0.951. The highest BCUT2D eigenvalue weighted by Crippen LogP contribution is 2.60. The first-order valence-corrected chi connectivity index (χ1v) is 16.6. The van der Waals surface area contributed by atoms with Gasteiger partial charge in [-0.25, -0.2) is 17.9 Å². The third-order valence-electron chi connectivity index (χ3n) is 10.4. The minimum absolute atomic E-state index is 0.0486. The van der Waals surface area contributed by atoms with Crippen LogP contribution in [0.5, 0.6) is 0 Å². The molecule has 7 nitrogen and oxygen atoms in total. The minimum Gasteiger partial charge on any atom is -0.355 e. The molecule has 0 atom stereocenters. The van der Waals surface area contributed by atoms with Crippen LogP contribution in [0.15, 0.2) is 35.2 Å². The van der Waals surface area contributed by atoms with Crippen molar-refractivity contribution in [2.24, 2.45) is 23.2 Å². The number of carbonyl (C=O) groups is 2. The Kier molecular flexibility index (Phi) is 6.45. The molecule has 8 heteroatoms. The molecule has 0 saturated heterocycles. The lowest BCUT2D eigenvalue weighted by Crippen LogP contribution is -2.53. The van der Waals surface area contributed by atoms with Gasteiger partial charge >= 0.3 is 6.03 Å². The van der Waals surface area contributed by atoms with E-state index in [0.29, 0.717) is 13.0 Å². The Morgan fingerprint density at radius 2 is 1.40 bits per heavy atom. The van der Waals surface area contributed by atoms with Crippen LogP contribution < -0.4 is 15.4 Å². The maximum Gasteiger partial charge on any atom is 0.333 e. The van der Waals surface area contributed by atoms with E-state index in [4.69, 9.17) is 0 Å². The number of aryl methyl sites for hydroxylation is 2. The first-order valence-electron chi connectivity index (χ1n) is 15.2. The lowest BCUT2D eigenvalue weighted by Gasteiger charge is -2.55. The Morgan fingerprint density at radius 3 is 1.98 bits per heavy atom. The van der Waals surface area contributed by atoms with Gasteiger partial charge in [0.25, 0.3) is 10.0 Å². The van der Waals surface area contributed by atoms with Crippen LogP contribution in [-0.4, -0.2) is 26.9 Å². The van der Waals surface area contributed by atoms with Crippen LogP contribution in [0.3, 0.4) is 0 Å². The number of sulfonamides is 1. The van der Waals surface area contributed by atoms with Crippen LogP contribution in [0.2, 0.25) is 0 Å². The van der Waals surface area contributed by atoms with Gasteiger partial charge in [0.1, 0.15) is 0 Å². The lowest BCUT2D eigenvalue weighted by atomic mass is 9.49. The average molecular weight is 562 g/mol. The largest absolute Gasteiger partial charge is 0.355 e. The van der Waals surface area contributed by atoms with E-state index in [2.05, 4.69) is 21.4 Å². The normalized spacial score (nSPS) is 27.8. The molecular formula is C32H39N3O4S. The van der Waals surface area contributed by atoms with E-state index in [0.717, 1.165) is 97.9 Å². The topological polar surface area (TPSA) is 104 Å². The van der Waals surface area contributed by atoms with Gasteiger partial charge in [0.15, 0.2) is 0 Å². The molecule has 0 aromatic heterocycles. The Labute approximate surface area is 236 Å². The van der Waals surface area contributed by atoms with Gasteiger partial charge in [0.05, 0.1) is 4.90 Å². The van der Waals surface area contributed by atoms with Crippen molar-refractivity contribution in [2.75, 3.05) is 11.9 Å². The zero-order chi connectivity index (χ0) is 27.5. The number of hydrogen-bond donors (Lipinski definition) is 3. The summed E-state index contributed by atoms with van der Waals surface area (Å²) >= 11 is 0. The number of benzene rings is 2.